The average molecular weight is 460 g/mol. The van der Waals surface area contributed by atoms with Crippen molar-refractivity contribution in [3.8, 4) is 11.1 Å². The number of ether oxygens (including phenoxy) is 1. The number of hydrogen-bond donors (Lipinski definition) is 3. The van der Waals surface area contributed by atoms with Crippen molar-refractivity contribution in [3.63, 3.8) is 0 Å². The molecule has 0 unspecified atom stereocenters. The van der Waals surface area contributed by atoms with E-state index >= 15 is 0 Å². The molecular formula is C25H24N4O5. The van der Waals surface area contributed by atoms with Gasteiger partial charge in [0, 0.05) is 19.2 Å². The maximum atomic E-state index is 12.6. The molecule has 34 heavy (non-hydrogen) atoms. The maximum absolute atomic E-state index is 12.6. The van der Waals surface area contributed by atoms with Crippen LogP contribution < -0.4 is 10.6 Å². The molecule has 0 aliphatic heterocycles. The van der Waals surface area contributed by atoms with E-state index in [0.717, 1.165) is 22.3 Å². The van der Waals surface area contributed by atoms with Gasteiger partial charge in [-0.3, -0.25) is 9.48 Å². The largest absolute Gasteiger partial charge is 0.476 e. The zero-order chi connectivity index (χ0) is 23.9. The second-order valence-electron chi connectivity index (χ2n) is 8.83. The maximum Gasteiger partial charge on any atom is 0.407 e. The number of nitrogens with zero attached hydrogens (tertiary/aromatic N) is 2. The Morgan fingerprint density at radius 3 is 2.29 bits per heavy atom. The van der Waals surface area contributed by atoms with Crippen LogP contribution >= 0.6 is 0 Å². The first-order valence-corrected chi connectivity index (χ1v) is 11.1. The number of anilines is 1. The molecule has 5 rings (SSSR count). The van der Waals surface area contributed by atoms with Gasteiger partial charge in [-0.2, -0.15) is 5.10 Å². The fraction of sp³-hybridized carbons (Fsp3) is 0.280. The van der Waals surface area contributed by atoms with Crippen molar-refractivity contribution >= 4 is 23.7 Å². The first-order chi connectivity index (χ1) is 16.3. The van der Waals surface area contributed by atoms with E-state index in [1.807, 2.05) is 24.3 Å². The Hall–Kier alpha value is -4.14. The van der Waals surface area contributed by atoms with Crippen LogP contribution in [0.5, 0.6) is 0 Å². The highest BCUT2D eigenvalue weighted by Gasteiger charge is 2.46. The van der Waals surface area contributed by atoms with Crippen LogP contribution in [0.1, 0.15) is 46.8 Å². The summed E-state index contributed by atoms with van der Waals surface area (Å²) in [7, 11) is 1.57. The zero-order valence-corrected chi connectivity index (χ0v) is 18.6. The van der Waals surface area contributed by atoms with Gasteiger partial charge in [0.25, 0.3) is 0 Å². The summed E-state index contributed by atoms with van der Waals surface area (Å²) in [6.45, 7) is 0.194. The molecule has 2 aliphatic rings. The highest BCUT2D eigenvalue weighted by atomic mass is 16.5. The highest BCUT2D eigenvalue weighted by Crippen LogP contribution is 2.44. The number of carbonyl (C=O) groups excluding carboxylic acids is 2. The molecule has 0 saturated heterocycles. The van der Waals surface area contributed by atoms with E-state index in [-0.39, 0.29) is 30.3 Å². The Bertz CT molecular complexity index is 1250. The lowest BCUT2D eigenvalue weighted by molar-refractivity contribution is -0.116. The molecule has 9 nitrogen and oxygen atoms in total. The van der Waals surface area contributed by atoms with Crippen LogP contribution in [0.3, 0.4) is 0 Å². The summed E-state index contributed by atoms with van der Waals surface area (Å²) in [5.41, 5.74) is 3.77. The van der Waals surface area contributed by atoms with Crippen molar-refractivity contribution in [1.29, 1.82) is 0 Å². The van der Waals surface area contributed by atoms with Gasteiger partial charge in [-0.05, 0) is 35.1 Å². The lowest BCUT2D eigenvalue weighted by atomic mass is 9.98. The second-order valence-corrected chi connectivity index (χ2v) is 8.83. The van der Waals surface area contributed by atoms with Gasteiger partial charge in [-0.15, -0.1) is 0 Å². The molecule has 0 atom stereocenters. The summed E-state index contributed by atoms with van der Waals surface area (Å²) >= 11 is 0. The number of benzene rings is 2. The first kappa shape index (κ1) is 21.7. The molecule has 0 bridgehead atoms. The molecule has 2 aliphatic carbocycles. The third-order valence-corrected chi connectivity index (χ3v) is 6.37. The molecule has 2 amide bonds. The molecule has 3 aromatic rings. The van der Waals surface area contributed by atoms with Gasteiger partial charge in [0.05, 0.1) is 17.6 Å². The Morgan fingerprint density at radius 2 is 1.71 bits per heavy atom. The minimum Gasteiger partial charge on any atom is -0.476 e. The molecule has 1 aromatic heterocycles. The van der Waals surface area contributed by atoms with Gasteiger partial charge in [-0.1, -0.05) is 48.5 Å². The van der Waals surface area contributed by atoms with Crippen LogP contribution in [0.4, 0.5) is 10.5 Å². The topological polar surface area (TPSA) is 123 Å². The molecule has 1 fully saturated rings. The number of amides is 2. The number of nitrogens with one attached hydrogen (secondary N) is 2. The summed E-state index contributed by atoms with van der Waals surface area (Å²) < 4.78 is 6.92. The third-order valence-electron chi connectivity index (χ3n) is 6.37. The van der Waals surface area contributed by atoms with Gasteiger partial charge in [0.2, 0.25) is 5.91 Å². The summed E-state index contributed by atoms with van der Waals surface area (Å²) in [5, 5.41) is 18.5. The number of alkyl carbamates (subject to hydrolysis) is 1. The third kappa shape index (κ3) is 4.12. The van der Waals surface area contributed by atoms with Gasteiger partial charge in [0.1, 0.15) is 6.61 Å². The Kier molecular flexibility index (Phi) is 5.31. The summed E-state index contributed by atoms with van der Waals surface area (Å²) in [5.74, 6) is -1.67. The average Bonchev–Trinajstić information content (AvgIpc) is 3.32. The van der Waals surface area contributed by atoms with Crippen LogP contribution in [0.15, 0.2) is 54.7 Å². The van der Waals surface area contributed by atoms with Gasteiger partial charge in [0.15, 0.2) is 5.69 Å². The van der Waals surface area contributed by atoms with E-state index in [1.165, 1.54) is 10.9 Å². The van der Waals surface area contributed by atoms with Crippen molar-refractivity contribution in [2.24, 2.45) is 7.05 Å². The van der Waals surface area contributed by atoms with E-state index < -0.39 is 23.5 Å². The standard InChI is InChI=1S/C25H24N4O5/c1-29-13-20(22(28-29)23(31)32)26-21(30)12-25(10-11-25)27-24(33)34-14-19-17-8-4-2-6-15(17)16-7-3-5-9-18(16)19/h2-9,13,19H,10-12,14H2,1H3,(H,26,30)(H,27,33)(H,31,32). The quantitative estimate of drug-likeness (QED) is 0.496. The fourth-order valence-corrected chi connectivity index (χ4v) is 4.59. The lowest BCUT2D eigenvalue weighted by Crippen LogP contribution is -2.40. The number of carboxylic acids is 1. The normalized spacial score (nSPS) is 15.2. The Balaban J connectivity index is 1.19. The predicted octanol–water partition coefficient (Wildman–Crippen LogP) is 3.52. The highest BCUT2D eigenvalue weighted by molar-refractivity contribution is 5.99. The molecule has 9 heteroatoms. The summed E-state index contributed by atoms with van der Waals surface area (Å²) in [4.78, 5) is 36.4. The number of rotatable bonds is 7. The van der Waals surface area contributed by atoms with E-state index in [0.29, 0.717) is 12.8 Å². The number of fused-ring (bicyclic) bond motifs is 3. The molecule has 1 heterocycles. The van der Waals surface area contributed by atoms with Crippen molar-refractivity contribution in [3.05, 3.63) is 71.5 Å². The lowest BCUT2D eigenvalue weighted by Gasteiger charge is -2.19. The van der Waals surface area contributed by atoms with E-state index in [9.17, 15) is 19.5 Å². The number of aryl methyl sites for hydroxylation is 1. The molecule has 174 valence electrons. The van der Waals surface area contributed by atoms with Crippen molar-refractivity contribution < 1.29 is 24.2 Å². The molecule has 3 N–H and O–H groups in total. The van der Waals surface area contributed by atoms with Crippen LogP contribution in [-0.2, 0) is 16.6 Å². The predicted molar refractivity (Wildman–Crippen MR) is 124 cm³/mol. The minimum absolute atomic E-state index is 0.0190. The smallest absolute Gasteiger partial charge is 0.407 e. The van der Waals surface area contributed by atoms with Crippen LogP contribution in [0.2, 0.25) is 0 Å². The van der Waals surface area contributed by atoms with E-state index in [4.69, 9.17) is 4.74 Å². The second kappa shape index (κ2) is 8.33. The number of aromatic nitrogens is 2. The summed E-state index contributed by atoms with van der Waals surface area (Å²) in [6, 6.07) is 16.2. The summed E-state index contributed by atoms with van der Waals surface area (Å²) in [6.07, 6.45) is 2.16. The monoisotopic (exact) mass is 460 g/mol. The van der Waals surface area contributed by atoms with Crippen molar-refractivity contribution in [2.45, 2.75) is 30.7 Å². The van der Waals surface area contributed by atoms with Gasteiger partial charge < -0.3 is 20.5 Å². The van der Waals surface area contributed by atoms with Gasteiger partial charge >= 0.3 is 12.1 Å². The SMILES string of the molecule is Cn1cc(NC(=O)CC2(NC(=O)OCC3c4ccccc4-c4ccccc43)CC2)c(C(=O)O)n1. The Morgan fingerprint density at radius 1 is 1.09 bits per heavy atom. The van der Waals surface area contributed by atoms with E-state index in [1.54, 1.807) is 7.05 Å². The van der Waals surface area contributed by atoms with Crippen molar-refractivity contribution in [1.82, 2.24) is 15.1 Å². The van der Waals surface area contributed by atoms with Gasteiger partial charge in [-0.25, -0.2) is 9.59 Å². The minimum atomic E-state index is -1.23. The van der Waals surface area contributed by atoms with Crippen molar-refractivity contribution in [2.75, 3.05) is 11.9 Å². The fourth-order valence-electron chi connectivity index (χ4n) is 4.59. The van der Waals surface area contributed by atoms with Crippen LogP contribution in [-0.4, -0.2) is 45.0 Å². The molecule has 1 saturated carbocycles. The van der Waals surface area contributed by atoms with Crippen LogP contribution in [0, 0.1) is 0 Å². The molecular weight excluding hydrogens is 436 g/mol. The molecule has 0 spiro atoms. The zero-order valence-electron chi connectivity index (χ0n) is 18.6. The molecule has 0 radical (unpaired) electrons. The molecule has 2 aromatic carbocycles. The number of hydrogen-bond acceptors (Lipinski definition) is 5. The van der Waals surface area contributed by atoms with E-state index in [2.05, 4.69) is 40.0 Å². The van der Waals surface area contributed by atoms with Crippen LogP contribution in [0.25, 0.3) is 11.1 Å². The number of carbonyl (C=O) groups is 3. The number of carboxylic acid groups (broad SMARTS) is 1. The number of aromatic carboxylic acids is 1. The Labute approximate surface area is 195 Å². The first-order valence-electron chi connectivity index (χ1n) is 11.1.